The van der Waals surface area contributed by atoms with Crippen molar-refractivity contribution in [3.63, 3.8) is 0 Å². The zero-order valence-electron chi connectivity index (χ0n) is 12.8. The lowest BCUT2D eigenvalue weighted by Crippen LogP contribution is -2.00. The molecular weight excluding hydrogens is 250 g/mol. The molecule has 0 amide bonds. The Morgan fingerprint density at radius 1 is 1.20 bits per heavy atom. The molecule has 106 valence electrons. The maximum Gasteiger partial charge on any atom is 0.220 e. The molecule has 0 aliphatic rings. The van der Waals surface area contributed by atoms with Crippen molar-refractivity contribution in [2.24, 2.45) is 0 Å². The van der Waals surface area contributed by atoms with E-state index >= 15 is 0 Å². The van der Waals surface area contributed by atoms with Crippen molar-refractivity contribution < 1.29 is 9.47 Å². The van der Waals surface area contributed by atoms with Crippen LogP contribution in [0.2, 0.25) is 0 Å². The monoisotopic (exact) mass is 271 g/mol. The zero-order valence-corrected chi connectivity index (χ0v) is 12.8. The molecule has 0 aliphatic carbocycles. The number of aromatic nitrogens is 1. The van der Waals surface area contributed by atoms with Crippen LogP contribution < -0.4 is 9.47 Å². The number of pyridine rings is 1. The van der Waals surface area contributed by atoms with Crippen LogP contribution >= 0.6 is 0 Å². The third kappa shape index (κ3) is 2.77. The molecule has 0 atom stereocenters. The minimum Gasteiger partial charge on any atom is -0.496 e. The van der Waals surface area contributed by atoms with E-state index in [4.69, 9.17) is 9.47 Å². The molecule has 0 aliphatic heterocycles. The zero-order chi connectivity index (χ0) is 14.7. The number of ether oxygens (including phenoxy) is 2. The van der Waals surface area contributed by atoms with Gasteiger partial charge in [-0.15, -0.1) is 0 Å². The van der Waals surface area contributed by atoms with E-state index in [9.17, 15) is 0 Å². The molecule has 0 N–H and O–H groups in total. The first kappa shape index (κ1) is 14.4. The van der Waals surface area contributed by atoms with Crippen LogP contribution in [0.25, 0.3) is 10.9 Å². The first-order chi connectivity index (χ1) is 9.56. The van der Waals surface area contributed by atoms with Gasteiger partial charge in [-0.1, -0.05) is 23.3 Å². The summed E-state index contributed by atoms with van der Waals surface area (Å²) in [4.78, 5) is 4.59. The highest BCUT2D eigenvalue weighted by Crippen LogP contribution is 2.35. The molecule has 1 aromatic carbocycles. The number of allylic oxidation sites excluding steroid dienone is 2. The van der Waals surface area contributed by atoms with Crippen LogP contribution in [0.1, 0.15) is 25.0 Å². The summed E-state index contributed by atoms with van der Waals surface area (Å²) < 4.78 is 11.1. The summed E-state index contributed by atoms with van der Waals surface area (Å²) in [5, 5.41) is 1.03. The second kappa shape index (κ2) is 5.95. The van der Waals surface area contributed by atoms with Crippen molar-refractivity contribution in [1.82, 2.24) is 4.98 Å². The number of fused-ring (bicyclic) bond motifs is 1. The summed E-state index contributed by atoms with van der Waals surface area (Å²) in [6.45, 7) is 6.23. The molecule has 0 saturated carbocycles. The number of methoxy groups -OCH3 is 2. The molecule has 0 unspecified atom stereocenters. The molecule has 3 nitrogen and oxygen atoms in total. The maximum atomic E-state index is 5.64. The van der Waals surface area contributed by atoms with E-state index in [0.29, 0.717) is 5.88 Å². The van der Waals surface area contributed by atoms with Crippen LogP contribution in [0.15, 0.2) is 29.8 Å². The Kier molecular flexibility index (Phi) is 4.28. The van der Waals surface area contributed by atoms with E-state index in [1.165, 1.54) is 11.1 Å². The van der Waals surface area contributed by atoms with Gasteiger partial charge in [-0.05, 0) is 39.3 Å². The minimum atomic E-state index is 0.635. The van der Waals surface area contributed by atoms with Crippen molar-refractivity contribution in [2.75, 3.05) is 14.2 Å². The number of hydrogen-bond acceptors (Lipinski definition) is 3. The molecule has 1 aromatic heterocycles. The van der Waals surface area contributed by atoms with Crippen LogP contribution in [-0.2, 0) is 6.42 Å². The van der Waals surface area contributed by atoms with Crippen molar-refractivity contribution in [1.29, 1.82) is 0 Å². The quantitative estimate of drug-likeness (QED) is 0.785. The minimum absolute atomic E-state index is 0.635. The molecular formula is C17H21NO2. The Bertz CT molecular complexity index is 656. The fraction of sp³-hybridized carbons (Fsp3) is 0.353. The van der Waals surface area contributed by atoms with Crippen molar-refractivity contribution in [3.8, 4) is 11.6 Å². The molecule has 0 bridgehead atoms. The molecule has 0 fully saturated rings. The summed E-state index contributed by atoms with van der Waals surface area (Å²) in [5.74, 6) is 1.49. The third-order valence-corrected chi connectivity index (χ3v) is 3.26. The summed E-state index contributed by atoms with van der Waals surface area (Å²) >= 11 is 0. The lowest BCUT2D eigenvalue weighted by molar-refractivity contribution is 0.379. The number of nitrogens with zero attached hydrogens (tertiary/aromatic N) is 1. The highest BCUT2D eigenvalue weighted by atomic mass is 16.5. The summed E-state index contributed by atoms with van der Waals surface area (Å²) in [6.07, 6.45) is 2.91. The second-order valence-corrected chi connectivity index (χ2v) is 5.14. The highest BCUT2D eigenvalue weighted by Gasteiger charge is 2.15. The smallest absolute Gasteiger partial charge is 0.220 e. The normalized spacial score (nSPS) is 10.4. The van der Waals surface area contributed by atoms with E-state index in [1.54, 1.807) is 14.2 Å². The van der Waals surface area contributed by atoms with E-state index in [1.807, 2.05) is 12.1 Å². The summed E-state index contributed by atoms with van der Waals surface area (Å²) in [5.41, 5.74) is 4.34. The predicted molar refractivity (Wildman–Crippen MR) is 82.7 cm³/mol. The van der Waals surface area contributed by atoms with Gasteiger partial charge in [-0.3, -0.25) is 0 Å². The lowest BCUT2D eigenvalue weighted by atomic mass is 10.0. The number of rotatable bonds is 4. The van der Waals surface area contributed by atoms with E-state index in [0.717, 1.165) is 28.6 Å². The topological polar surface area (TPSA) is 31.4 Å². The van der Waals surface area contributed by atoms with Gasteiger partial charge in [0.1, 0.15) is 5.75 Å². The van der Waals surface area contributed by atoms with Crippen LogP contribution in [0.3, 0.4) is 0 Å². The van der Waals surface area contributed by atoms with Gasteiger partial charge in [0.05, 0.1) is 25.3 Å². The number of benzene rings is 1. The first-order valence-corrected chi connectivity index (χ1v) is 6.71. The Hall–Kier alpha value is -2.03. The van der Waals surface area contributed by atoms with Gasteiger partial charge in [-0.2, -0.15) is 0 Å². The van der Waals surface area contributed by atoms with Crippen molar-refractivity contribution in [2.45, 2.75) is 27.2 Å². The van der Waals surface area contributed by atoms with Gasteiger partial charge in [0.25, 0.3) is 0 Å². The van der Waals surface area contributed by atoms with Crippen LogP contribution in [0.4, 0.5) is 0 Å². The van der Waals surface area contributed by atoms with Crippen LogP contribution in [0.5, 0.6) is 11.6 Å². The lowest BCUT2D eigenvalue weighted by Gasteiger charge is -2.14. The number of aryl methyl sites for hydroxylation is 1. The Morgan fingerprint density at radius 3 is 2.55 bits per heavy atom. The van der Waals surface area contributed by atoms with Gasteiger partial charge < -0.3 is 9.47 Å². The third-order valence-electron chi connectivity index (χ3n) is 3.26. The fourth-order valence-electron chi connectivity index (χ4n) is 2.25. The SMILES string of the molecule is COc1nc2ccc(C)cc2c(OC)c1CC=C(C)C. The van der Waals surface area contributed by atoms with Gasteiger partial charge in [0.2, 0.25) is 5.88 Å². The maximum absolute atomic E-state index is 5.64. The van der Waals surface area contributed by atoms with Gasteiger partial charge in [-0.25, -0.2) is 4.98 Å². The van der Waals surface area contributed by atoms with E-state index < -0.39 is 0 Å². The molecule has 0 radical (unpaired) electrons. The standard InChI is InChI=1S/C17H21NO2/c1-11(2)6-8-13-16(19-4)14-10-12(3)7-9-15(14)18-17(13)20-5/h6-7,9-10H,8H2,1-5H3. The van der Waals surface area contributed by atoms with Crippen LogP contribution in [-0.4, -0.2) is 19.2 Å². The molecule has 1 heterocycles. The van der Waals surface area contributed by atoms with E-state index in [2.05, 4.69) is 37.9 Å². The van der Waals surface area contributed by atoms with Crippen molar-refractivity contribution in [3.05, 3.63) is 41.0 Å². The Morgan fingerprint density at radius 2 is 1.95 bits per heavy atom. The van der Waals surface area contributed by atoms with Gasteiger partial charge in [0, 0.05) is 5.39 Å². The average Bonchev–Trinajstić information content (AvgIpc) is 2.43. The highest BCUT2D eigenvalue weighted by molar-refractivity contribution is 5.88. The van der Waals surface area contributed by atoms with Crippen LogP contribution in [0, 0.1) is 6.92 Å². The molecule has 0 saturated heterocycles. The van der Waals surface area contributed by atoms with Crippen molar-refractivity contribution >= 4 is 10.9 Å². The Balaban J connectivity index is 2.71. The van der Waals surface area contributed by atoms with Gasteiger partial charge >= 0.3 is 0 Å². The van der Waals surface area contributed by atoms with Gasteiger partial charge in [0.15, 0.2) is 0 Å². The largest absolute Gasteiger partial charge is 0.496 e. The molecule has 2 aromatic rings. The summed E-state index contributed by atoms with van der Waals surface area (Å²) in [7, 11) is 3.34. The predicted octanol–water partition coefficient (Wildman–Crippen LogP) is 4.07. The molecule has 3 heteroatoms. The molecule has 2 rings (SSSR count). The second-order valence-electron chi connectivity index (χ2n) is 5.14. The fourth-order valence-corrected chi connectivity index (χ4v) is 2.25. The Labute approximate surface area is 120 Å². The first-order valence-electron chi connectivity index (χ1n) is 6.71. The van der Waals surface area contributed by atoms with E-state index in [-0.39, 0.29) is 0 Å². The number of hydrogen-bond donors (Lipinski definition) is 0. The average molecular weight is 271 g/mol. The molecule has 20 heavy (non-hydrogen) atoms. The summed E-state index contributed by atoms with van der Waals surface area (Å²) in [6, 6.07) is 6.15. The molecule has 0 spiro atoms.